The fourth-order valence-electron chi connectivity index (χ4n) is 0.575. The van der Waals surface area contributed by atoms with Crippen LogP contribution < -0.4 is 4.74 Å². The monoisotopic (exact) mass is 172 g/mol. The van der Waals surface area contributed by atoms with Gasteiger partial charge in [-0.3, -0.25) is 0 Å². The summed E-state index contributed by atoms with van der Waals surface area (Å²) in [6.07, 6.45) is -1.45. The lowest BCUT2D eigenvalue weighted by atomic mass is 10.2. The lowest BCUT2D eigenvalue weighted by molar-refractivity contribution is 0.138. The van der Waals surface area contributed by atoms with Gasteiger partial charge in [-0.2, -0.15) is 4.98 Å². The van der Waals surface area contributed by atoms with Crippen molar-refractivity contribution in [3.8, 4) is 6.01 Å². The Bertz CT molecular complexity index is 281. The van der Waals surface area contributed by atoms with Crippen molar-refractivity contribution < 1.29 is 19.2 Å². The van der Waals surface area contributed by atoms with E-state index in [0.29, 0.717) is 5.89 Å². The maximum absolute atomic E-state index is 10.0. The van der Waals surface area contributed by atoms with E-state index in [-0.39, 0.29) is 11.9 Å². The van der Waals surface area contributed by atoms with Crippen molar-refractivity contribution in [1.82, 2.24) is 10.1 Å². The third-order valence-electron chi connectivity index (χ3n) is 1.10. The Balaban J connectivity index is 2.70. The van der Waals surface area contributed by atoms with Gasteiger partial charge in [0.2, 0.25) is 5.89 Å². The molecule has 0 aliphatic rings. The average Bonchev–Trinajstić information content (AvgIpc) is 2.34. The predicted molar refractivity (Wildman–Crippen MR) is 37.0 cm³/mol. The van der Waals surface area contributed by atoms with Crippen molar-refractivity contribution >= 4 is 6.16 Å². The molecule has 12 heavy (non-hydrogen) atoms. The summed E-state index contributed by atoms with van der Waals surface area (Å²) in [7, 11) is 0. The summed E-state index contributed by atoms with van der Waals surface area (Å²) < 4.78 is 8.82. The van der Waals surface area contributed by atoms with Gasteiger partial charge in [0.05, 0.1) is 0 Å². The molecule has 1 aromatic rings. The third-order valence-corrected chi connectivity index (χ3v) is 1.10. The Morgan fingerprint density at radius 3 is 2.75 bits per heavy atom. The zero-order valence-corrected chi connectivity index (χ0v) is 6.64. The molecule has 0 atom stereocenters. The van der Waals surface area contributed by atoms with Crippen LogP contribution in [0.2, 0.25) is 0 Å². The maximum Gasteiger partial charge on any atom is 0.513 e. The number of nitrogens with zero attached hydrogens (tertiary/aromatic N) is 2. The van der Waals surface area contributed by atoms with Crippen molar-refractivity contribution in [3.63, 3.8) is 0 Å². The van der Waals surface area contributed by atoms with Gasteiger partial charge < -0.3 is 14.4 Å². The quantitative estimate of drug-likeness (QED) is 0.675. The van der Waals surface area contributed by atoms with Gasteiger partial charge in [0, 0.05) is 5.92 Å². The number of ether oxygens (including phenoxy) is 1. The van der Waals surface area contributed by atoms with Crippen LogP contribution in [0.1, 0.15) is 25.7 Å². The van der Waals surface area contributed by atoms with E-state index in [9.17, 15) is 4.79 Å². The maximum atomic E-state index is 10.0. The number of hydrogen-bond donors (Lipinski definition) is 1. The molecule has 0 unspecified atom stereocenters. The van der Waals surface area contributed by atoms with E-state index in [4.69, 9.17) is 5.11 Å². The molecule has 1 heterocycles. The number of carboxylic acid groups (broad SMARTS) is 1. The van der Waals surface area contributed by atoms with E-state index in [0.717, 1.165) is 0 Å². The minimum atomic E-state index is -1.45. The summed E-state index contributed by atoms with van der Waals surface area (Å²) in [5, 5.41) is 11.5. The molecule has 0 amide bonds. The van der Waals surface area contributed by atoms with E-state index >= 15 is 0 Å². The molecular weight excluding hydrogens is 164 g/mol. The highest BCUT2D eigenvalue weighted by molar-refractivity contribution is 5.59. The molecule has 0 aliphatic carbocycles. The summed E-state index contributed by atoms with van der Waals surface area (Å²) in [4.78, 5) is 13.7. The summed E-state index contributed by atoms with van der Waals surface area (Å²) >= 11 is 0. The van der Waals surface area contributed by atoms with Crippen LogP contribution in [-0.4, -0.2) is 21.4 Å². The van der Waals surface area contributed by atoms with E-state index < -0.39 is 6.16 Å². The molecule has 6 nitrogen and oxygen atoms in total. The molecule has 0 bridgehead atoms. The molecule has 0 saturated heterocycles. The van der Waals surface area contributed by atoms with Crippen molar-refractivity contribution in [2.75, 3.05) is 0 Å². The number of aromatic nitrogens is 2. The number of rotatable bonds is 2. The molecular formula is C6H8N2O4. The highest BCUT2D eigenvalue weighted by Gasteiger charge is 2.12. The van der Waals surface area contributed by atoms with Crippen LogP contribution in [0.5, 0.6) is 6.01 Å². The predicted octanol–water partition coefficient (Wildman–Crippen LogP) is 1.25. The second-order valence-corrected chi connectivity index (χ2v) is 2.44. The lowest BCUT2D eigenvalue weighted by Gasteiger charge is -1.91. The van der Waals surface area contributed by atoms with Crippen molar-refractivity contribution in [2.45, 2.75) is 19.8 Å². The largest absolute Gasteiger partial charge is 0.513 e. The van der Waals surface area contributed by atoms with Crippen LogP contribution in [0.3, 0.4) is 0 Å². The molecule has 1 N–H and O–H groups in total. The Kier molecular flexibility index (Phi) is 2.27. The van der Waals surface area contributed by atoms with Crippen molar-refractivity contribution in [3.05, 3.63) is 5.89 Å². The van der Waals surface area contributed by atoms with Gasteiger partial charge in [-0.1, -0.05) is 13.8 Å². The summed E-state index contributed by atoms with van der Waals surface area (Å²) in [5.41, 5.74) is 0. The van der Waals surface area contributed by atoms with Gasteiger partial charge in [0.15, 0.2) is 0 Å². The molecule has 1 rings (SSSR count). The minimum absolute atomic E-state index is 0.0589. The van der Waals surface area contributed by atoms with Crippen LogP contribution in [-0.2, 0) is 0 Å². The van der Waals surface area contributed by atoms with Crippen LogP contribution in [0.25, 0.3) is 0 Å². The van der Waals surface area contributed by atoms with E-state index in [1.165, 1.54) is 0 Å². The highest BCUT2D eigenvalue weighted by Crippen LogP contribution is 2.14. The molecule has 1 aromatic heterocycles. The first-order chi connectivity index (χ1) is 5.59. The van der Waals surface area contributed by atoms with Gasteiger partial charge in [-0.15, -0.1) is 0 Å². The number of hydrogen-bond acceptors (Lipinski definition) is 5. The number of carbonyl (C=O) groups is 1. The first kappa shape index (κ1) is 8.51. The molecule has 66 valence electrons. The molecule has 6 heteroatoms. The normalized spacial score (nSPS) is 10.2. The third kappa shape index (κ3) is 1.94. The smallest absolute Gasteiger partial charge is 0.449 e. The van der Waals surface area contributed by atoms with Gasteiger partial charge in [-0.25, -0.2) is 4.79 Å². The molecule has 0 saturated carbocycles. The van der Waals surface area contributed by atoms with Gasteiger partial charge in [-0.05, 0) is 5.16 Å². The minimum Gasteiger partial charge on any atom is -0.449 e. The molecule has 0 aliphatic heterocycles. The standard InChI is InChI=1S/C6H8N2O4/c1-3(2)4-7-5(8-12-4)11-6(9)10/h3H,1-2H3,(H,9,10). The first-order valence-corrected chi connectivity index (χ1v) is 3.34. The SMILES string of the molecule is CC(C)c1nc(OC(=O)O)no1. The highest BCUT2D eigenvalue weighted by atomic mass is 16.7. The molecule has 0 radical (unpaired) electrons. The van der Waals surface area contributed by atoms with Gasteiger partial charge in [0.25, 0.3) is 0 Å². The van der Waals surface area contributed by atoms with Crippen LogP contribution in [0.4, 0.5) is 4.79 Å². The molecule has 0 spiro atoms. The fraction of sp³-hybridized carbons (Fsp3) is 0.500. The Morgan fingerprint density at radius 1 is 1.67 bits per heavy atom. The topological polar surface area (TPSA) is 85.5 Å². The first-order valence-electron chi connectivity index (χ1n) is 3.34. The molecule has 0 fully saturated rings. The Hall–Kier alpha value is -1.59. The van der Waals surface area contributed by atoms with Crippen LogP contribution in [0, 0.1) is 0 Å². The van der Waals surface area contributed by atoms with Crippen LogP contribution in [0.15, 0.2) is 4.52 Å². The fourth-order valence-corrected chi connectivity index (χ4v) is 0.575. The van der Waals surface area contributed by atoms with E-state index in [1.54, 1.807) is 0 Å². The zero-order valence-electron chi connectivity index (χ0n) is 6.64. The lowest BCUT2D eigenvalue weighted by Crippen LogP contribution is -2.04. The Labute approximate surface area is 68.1 Å². The van der Waals surface area contributed by atoms with E-state index in [2.05, 4.69) is 19.4 Å². The van der Waals surface area contributed by atoms with E-state index in [1.807, 2.05) is 13.8 Å². The van der Waals surface area contributed by atoms with Crippen molar-refractivity contribution in [1.29, 1.82) is 0 Å². The summed E-state index contributed by atoms with van der Waals surface area (Å²) in [6.45, 7) is 3.69. The van der Waals surface area contributed by atoms with Crippen molar-refractivity contribution in [2.24, 2.45) is 0 Å². The second kappa shape index (κ2) is 3.21. The Morgan fingerprint density at radius 2 is 2.33 bits per heavy atom. The average molecular weight is 172 g/mol. The van der Waals surface area contributed by atoms with Crippen LogP contribution >= 0.6 is 0 Å². The summed E-state index contributed by atoms with van der Waals surface area (Å²) in [6, 6.07) is -0.272. The molecule has 0 aromatic carbocycles. The summed E-state index contributed by atoms with van der Waals surface area (Å²) in [5.74, 6) is 0.412. The van der Waals surface area contributed by atoms with Gasteiger partial charge >= 0.3 is 12.2 Å². The zero-order chi connectivity index (χ0) is 9.14. The van der Waals surface area contributed by atoms with Gasteiger partial charge in [0.1, 0.15) is 0 Å². The second-order valence-electron chi connectivity index (χ2n) is 2.44.